The van der Waals surface area contributed by atoms with Gasteiger partial charge in [0.05, 0.1) is 5.69 Å². The van der Waals surface area contributed by atoms with Crippen molar-refractivity contribution in [1.82, 2.24) is 9.55 Å². The van der Waals surface area contributed by atoms with Crippen LogP contribution in [0.2, 0.25) is 0 Å². The minimum Gasteiger partial charge on any atom is -0.489 e. The molecule has 1 aliphatic rings. The molecule has 1 fully saturated rings. The average molecular weight is 417 g/mol. The Morgan fingerprint density at radius 2 is 1.81 bits per heavy atom. The summed E-state index contributed by atoms with van der Waals surface area (Å²) in [6.45, 7) is 2.13. The maximum Gasteiger partial charge on any atom is 0.331 e. The number of carbonyl (C=O) groups is 1. The molecule has 5 nitrogen and oxygen atoms in total. The van der Waals surface area contributed by atoms with Crippen molar-refractivity contribution in [3.05, 3.63) is 77.6 Å². The summed E-state index contributed by atoms with van der Waals surface area (Å²) in [7, 11) is 0. The lowest BCUT2D eigenvalue weighted by Gasteiger charge is -2.24. The molecule has 1 aromatic heterocycles. The Morgan fingerprint density at radius 3 is 2.48 bits per heavy atom. The van der Waals surface area contributed by atoms with Crippen molar-refractivity contribution < 1.29 is 14.6 Å². The quantitative estimate of drug-likeness (QED) is 0.471. The predicted molar refractivity (Wildman–Crippen MR) is 122 cm³/mol. The fourth-order valence-electron chi connectivity index (χ4n) is 4.06. The molecule has 0 atom stereocenters. The van der Waals surface area contributed by atoms with Crippen LogP contribution in [0.15, 0.2) is 66.4 Å². The first-order chi connectivity index (χ1) is 15.1. The zero-order valence-corrected chi connectivity index (χ0v) is 17.8. The molecule has 31 heavy (non-hydrogen) atoms. The van der Waals surface area contributed by atoms with E-state index in [0.717, 1.165) is 35.5 Å². The second kappa shape index (κ2) is 9.65. The monoisotopic (exact) mass is 416 g/mol. The number of hydrogen-bond donors (Lipinski definition) is 1. The maximum absolute atomic E-state index is 11.3. The van der Waals surface area contributed by atoms with E-state index in [1.807, 2.05) is 60.8 Å². The largest absolute Gasteiger partial charge is 0.489 e. The summed E-state index contributed by atoms with van der Waals surface area (Å²) in [6, 6.07) is 18.5. The third-order valence-corrected chi connectivity index (χ3v) is 5.78. The normalized spacial score (nSPS) is 15.1. The fourth-order valence-corrected chi connectivity index (χ4v) is 4.06. The highest BCUT2D eigenvalue weighted by Crippen LogP contribution is 2.33. The van der Waals surface area contributed by atoms with Crippen LogP contribution in [-0.2, 0) is 11.4 Å². The van der Waals surface area contributed by atoms with Crippen molar-refractivity contribution in [2.24, 2.45) is 0 Å². The molecule has 4 rings (SSSR count). The average Bonchev–Trinajstić information content (AvgIpc) is 3.23. The molecule has 0 radical (unpaired) electrons. The van der Waals surface area contributed by atoms with E-state index in [0.29, 0.717) is 18.3 Å². The van der Waals surface area contributed by atoms with E-state index < -0.39 is 5.97 Å². The molecule has 0 bridgehead atoms. The van der Waals surface area contributed by atoms with Crippen LogP contribution in [-0.4, -0.2) is 20.6 Å². The first-order valence-electron chi connectivity index (χ1n) is 10.9. The molecule has 1 saturated carbocycles. The van der Waals surface area contributed by atoms with Crippen LogP contribution in [0, 0.1) is 0 Å². The van der Waals surface area contributed by atoms with Gasteiger partial charge in [-0.1, -0.05) is 49.6 Å². The number of hydrogen-bond acceptors (Lipinski definition) is 3. The summed E-state index contributed by atoms with van der Waals surface area (Å²) in [5, 5.41) is 9.23. The van der Waals surface area contributed by atoms with Crippen LogP contribution in [0.5, 0.6) is 5.75 Å². The lowest BCUT2D eigenvalue weighted by atomic mass is 9.95. The lowest BCUT2D eigenvalue weighted by molar-refractivity contribution is -0.132. The topological polar surface area (TPSA) is 64.4 Å². The van der Waals surface area contributed by atoms with Gasteiger partial charge in [0.25, 0.3) is 0 Å². The van der Waals surface area contributed by atoms with Crippen LogP contribution in [0.1, 0.15) is 56.3 Å². The molecule has 1 heterocycles. The Morgan fingerprint density at radius 1 is 1.10 bits per heavy atom. The number of aromatic nitrogens is 2. The highest BCUT2D eigenvalue weighted by atomic mass is 16.5. The number of ether oxygens (including phenoxy) is 1. The van der Waals surface area contributed by atoms with Gasteiger partial charge in [0.2, 0.25) is 0 Å². The Kier molecular flexibility index (Phi) is 6.51. The standard InChI is InChI=1S/C26H28N2O3/c1-19(26(29)30)16-22-17-28(23-10-6-3-7-11-23)25(27-22)21-12-14-24(15-13-21)31-18-20-8-4-2-5-9-20/h2,4-5,8-9,12-17,23H,3,6-7,10-11,18H2,1H3,(H,29,30)/b19-16+. The molecule has 1 N–H and O–H groups in total. The second-order valence-electron chi connectivity index (χ2n) is 8.12. The predicted octanol–water partition coefficient (Wildman–Crippen LogP) is 6.12. The number of aliphatic carboxylic acids is 1. The van der Waals surface area contributed by atoms with Gasteiger partial charge in [-0.2, -0.15) is 0 Å². The van der Waals surface area contributed by atoms with E-state index in [1.165, 1.54) is 19.3 Å². The molecule has 0 spiro atoms. The van der Waals surface area contributed by atoms with Gasteiger partial charge in [0.1, 0.15) is 18.2 Å². The van der Waals surface area contributed by atoms with Crippen LogP contribution >= 0.6 is 0 Å². The van der Waals surface area contributed by atoms with Crippen molar-refractivity contribution >= 4 is 12.0 Å². The Labute approximate surface area is 183 Å². The summed E-state index contributed by atoms with van der Waals surface area (Å²) in [5.74, 6) is 0.768. The van der Waals surface area contributed by atoms with Gasteiger partial charge in [0, 0.05) is 23.4 Å². The smallest absolute Gasteiger partial charge is 0.331 e. The van der Waals surface area contributed by atoms with E-state index in [2.05, 4.69) is 4.57 Å². The summed E-state index contributed by atoms with van der Waals surface area (Å²) < 4.78 is 8.15. The first kappa shape index (κ1) is 20.9. The Hall–Kier alpha value is -3.34. The Balaban J connectivity index is 1.58. The molecule has 160 valence electrons. The summed E-state index contributed by atoms with van der Waals surface area (Å²) in [6.07, 6.45) is 9.60. The molecule has 0 amide bonds. The van der Waals surface area contributed by atoms with E-state index in [9.17, 15) is 9.90 Å². The van der Waals surface area contributed by atoms with Gasteiger partial charge in [0.15, 0.2) is 0 Å². The summed E-state index contributed by atoms with van der Waals surface area (Å²) >= 11 is 0. The SMILES string of the molecule is C/C(=C\c1cn(C2CCCCC2)c(-c2ccc(OCc3ccccc3)cc2)n1)C(=O)O. The van der Waals surface area contributed by atoms with Crippen LogP contribution in [0.4, 0.5) is 0 Å². The third kappa shape index (κ3) is 5.23. The first-order valence-corrected chi connectivity index (χ1v) is 10.9. The number of nitrogens with zero attached hydrogens (tertiary/aromatic N) is 2. The van der Waals surface area contributed by atoms with Gasteiger partial charge < -0.3 is 14.4 Å². The van der Waals surface area contributed by atoms with Crippen molar-refractivity contribution in [1.29, 1.82) is 0 Å². The summed E-state index contributed by atoms with van der Waals surface area (Å²) in [4.78, 5) is 16.0. The van der Waals surface area contributed by atoms with Crippen LogP contribution in [0.3, 0.4) is 0 Å². The number of imidazole rings is 1. The summed E-state index contributed by atoms with van der Waals surface area (Å²) in [5.41, 5.74) is 3.10. The highest BCUT2D eigenvalue weighted by molar-refractivity contribution is 5.91. The van der Waals surface area contributed by atoms with E-state index in [4.69, 9.17) is 9.72 Å². The molecular formula is C26H28N2O3. The van der Waals surface area contributed by atoms with Gasteiger partial charge >= 0.3 is 5.97 Å². The van der Waals surface area contributed by atoms with Crippen molar-refractivity contribution in [3.8, 4) is 17.1 Å². The van der Waals surface area contributed by atoms with Crippen molar-refractivity contribution in [2.75, 3.05) is 0 Å². The molecule has 5 heteroatoms. The number of benzene rings is 2. The lowest BCUT2D eigenvalue weighted by Crippen LogP contribution is -2.13. The zero-order chi connectivity index (χ0) is 21.6. The minimum absolute atomic E-state index is 0.282. The number of rotatable bonds is 7. The molecule has 1 aliphatic carbocycles. The van der Waals surface area contributed by atoms with Gasteiger partial charge in [-0.15, -0.1) is 0 Å². The van der Waals surface area contributed by atoms with E-state index in [1.54, 1.807) is 13.0 Å². The van der Waals surface area contributed by atoms with Gasteiger partial charge in [-0.05, 0) is 55.7 Å². The highest BCUT2D eigenvalue weighted by Gasteiger charge is 2.20. The second-order valence-corrected chi connectivity index (χ2v) is 8.12. The molecule has 3 aromatic rings. The molecular weight excluding hydrogens is 388 g/mol. The molecule has 0 unspecified atom stereocenters. The van der Waals surface area contributed by atoms with E-state index in [-0.39, 0.29) is 5.57 Å². The third-order valence-electron chi connectivity index (χ3n) is 5.78. The maximum atomic E-state index is 11.3. The number of carboxylic acids is 1. The van der Waals surface area contributed by atoms with Crippen LogP contribution < -0.4 is 4.74 Å². The molecule has 0 aliphatic heterocycles. The van der Waals surface area contributed by atoms with Gasteiger partial charge in [-0.25, -0.2) is 9.78 Å². The van der Waals surface area contributed by atoms with Crippen molar-refractivity contribution in [3.63, 3.8) is 0 Å². The fraction of sp³-hybridized carbons (Fsp3) is 0.308. The number of carboxylic acid groups (broad SMARTS) is 1. The van der Waals surface area contributed by atoms with Gasteiger partial charge in [-0.3, -0.25) is 0 Å². The van der Waals surface area contributed by atoms with Crippen molar-refractivity contribution in [2.45, 2.75) is 51.7 Å². The molecule has 0 saturated heterocycles. The Bertz CT molecular complexity index is 1050. The molecule has 2 aromatic carbocycles. The zero-order valence-electron chi connectivity index (χ0n) is 17.8. The minimum atomic E-state index is -0.923. The van der Waals surface area contributed by atoms with Crippen LogP contribution in [0.25, 0.3) is 17.5 Å². The van der Waals surface area contributed by atoms with E-state index >= 15 is 0 Å².